The Bertz CT molecular complexity index is 606. The number of hydrogen-bond acceptors (Lipinski definition) is 3. The lowest BCUT2D eigenvalue weighted by Crippen LogP contribution is -2.20. The monoisotopic (exact) mass is 293 g/mol. The van der Waals surface area contributed by atoms with Gasteiger partial charge in [0.1, 0.15) is 23.2 Å². The summed E-state index contributed by atoms with van der Waals surface area (Å²) in [5.41, 5.74) is -0.126. The Balaban J connectivity index is 1.75. The number of furan rings is 1. The van der Waals surface area contributed by atoms with E-state index in [0.717, 1.165) is 19.5 Å². The van der Waals surface area contributed by atoms with Gasteiger partial charge in [-0.3, -0.25) is 4.90 Å². The molecule has 5 heteroatoms. The van der Waals surface area contributed by atoms with Crippen molar-refractivity contribution in [1.82, 2.24) is 4.90 Å². The van der Waals surface area contributed by atoms with Gasteiger partial charge in [0.05, 0.1) is 12.1 Å². The van der Waals surface area contributed by atoms with Gasteiger partial charge < -0.3 is 9.52 Å². The van der Waals surface area contributed by atoms with Gasteiger partial charge in [-0.15, -0.1) is 0 Å². The molecule has 3 rings (SSSR count). The quantitative estimate of drug-likeness (QED) is 0.941. The molecule has 1 aliphatic rings. The largest absolute Gasteiger partial charge is 0.460 e. The number of rotatable bonds is 4. The van der Waals surface area contributed by atoms with Crippen LogP contribution in [0.1, 0.15) is 12.2 Å². The minimum absolute atomic E-state index is 0.126. The van der Waals surface area contributed by atoms with Crippen LogP contribution in [-0.2, 0) is 6.54 Å². The first kappa shape index (κ1) is 14.2. The van der Waals surface area contributed by atoms with Crippen LogP contribution in [0.15, 0.2) is 34.7 Å². The number of hydrogen-bond donors (Lipinski definition) is 1. The Morgan fingerprint density at radius 2 is 1.95 bits per heavy atom. The summed E-state index contributed by atoms with van der Waals surface area (Å²) in [6.07, 6.45) is 0.964. The first-order valence-electron chi connectivity index (χ1n) is 7.03. The molecule has 1 aromatic carbocycles. The third kappa shape index (κ3) is 2.99. The zero-order chi connectivity index (χ0) is 14.8. The smallest absolute Gasteiger partial charge is 0.140 e. The Morgan fingerprint density at radius 3 is 2.62 bits per heavy atom. The van der Waals surface area contributed by atoms with Gasteiger partial charge in [0.15, 0.2) is 0 Å². The molecule has 1 aromatic heterocycles. The van der Waals surface area contributed by atoms with E-state index in [-0.39, 0.29) is 17.9 Å². The lowest BCUT2D eigenvalue weighted by Gasteiger charge is -2.13. The van der Waals surface area contributed by atoms with E-state index in [4.69, 9.17) is 9.52 Å². The molecule has 2 aromatic rings. The van der Waals surface area contributed by atoms with E-state index in [9.17, 15) is 8.78 Å². The first-order valence-corrected chi connectivity index (χ1v) is 7.03. The second-order valence-corrected chi connectivity index (χ2v) is 5.44. The summed E-state index contributed by atoms with van der Waals surface area (Å²) < 4.78 is 33.0. The maximum absolute atomic E-state index is 13.7. The second-order valence-electron chi connectivity index (χ2n) is 5.44. The molecule has 0 saturated carbocycles. The van der Waals surface area contributed by atoms with Crippen LogP contribution in [0.5, 0.6) is 0 Å². The third-order valence-electron chi connectivity index (χ3n) is 3.88. The van der Waals surface area contributed by atoms with Crippen molar-refractivity contribution >= 4 is 0 Å². The molecule has 0 radical (unpaired) electrons. The van der Waals surface area contributed by atoms with Crippen LogP contribution in [0.25, 0.3) is 11.3 Å². The highest BCUT2D eigenvalue weighted by molar-refractivity contribution is 5.59. The van der Waals surface area contributed by atoms with Crippen LogP contribution >= 0.6 is 0 Å². The maximum atomic E-state index is 13.7. The van der Waals surface area contributed by atoms with E-state index in [1.165, 1.54) is 18.2 Å². The zero-order valence-corrected chi connectivity index (χ0v) is 11.6. The van der Waals surface area contributed by atoms with Crippen molar-refractivity contribution in [1.29, 1.82) is 0 Å². The predicted molar refractivity (Wildman–Crippen MR) is 74.5 cm³/mol. The Labute approximate surface area is 121 Å². The van der Waals surface area contributed by atoms with E-state index in [1.807, 2.05) is 0 Å². The molecular formula is C16H17F2NO2. The van der Waals surface area contributed by atoms with Gasteiger partial charge in [-0.05, 0) is 43.1 Å². The normalized spacial score (nSPS) is 19.3. The molecule has 1 unspecified atom stereocenters. The minimum atomic E-state index is -0.627. The average Bonchev–Trinajstić information content (AvgIpc) is 3.09. The van der Waals surface area contributed by atoms with Crippen molar-refractivity contribution in [2.45, 2.75) is 13.0 Å². The van der Waals surface area contributed by atoms with E-state index in [2.05, 4.69) is 4.90 Å². The van der Waals surface area contributed by atoms with Gasteiger partial charge in [-0.25, -0.2) is 8.78 Å². The number of halogens is 2. The Kier molecular flexibility index (Phi) is 4.03. The topological polar surface area (TPSA) is 36.6 Å². The van der Waals surface area contributed by atoms with Gasteiger partial charge in [0.2, 0.25) is 0 Å². The van der Waals surface area contributed by atoms with Crippen molar-refractivity contribution in [3.63, 3.8) is 0 Å². The van der Waals surface area contributed by atoms with Crippen molar-refractivity contribution in [2.75, 3.05) is 19.7 Å². The van der Waals surface area contributed by atoms with Crippen LogP contribution in [-0.4, -0.2) is 29.7 Å². The molecular weight excluding hydrogens is 276 g/mol. The fourth-order valence-corrected chi connectivity index (χ4v) is 2.76. The molecule has 1 N–H and O–H groups in total. The molecule has 0 aliphatic carbocycles. The highest BCUT2D eigenvalue weighted by atomic mass is 19.1. The summed E-state index contributed by atoms with van der Waals surface area (Å²) in [6.45, 7) is 2.50. The van der Waals surface area contributed by atoms with Crippen molar-refractivity contribution in [3.05, 3.63) is 47.7 Å². The van der Waals surface area contributed by atoms with Crippen LogP contribution in [0.3, 0.4) is 0 Å². The van der Waals surface area contributed by atoms with Crippen molar-refractivity contribution in [2.24, 2.45) is 5.92 Å². The molecule has 21 heavy (non-hydrogen) atoms. The number of aliphatic hydroxyl groups excluding tert-OH is 1. The first-order chi connectivity index (χ1) is 10.2. The minimum Gasteiger partial charge on any atom is -0.460 e. The maximum Gasteiger partial charge on any atom is 0.140 e. The molecule has 112 valence electrons. The summed E-state index contributed by atoms with van der Waals surface area (Å²) in [5.74, 6) is -0.0666. The number of likely N-dealkylation sites (tertiary alicyclic amines) is 1. The van der Waals surface area contributed by atoms with Crippen LogP contribution in [0, 0.1) is 17.6 Å². The van der Waals surface area contributed by atoms with E-state index >= 15 is 0 Å². The van der Waals surface area contributed by atoms with E-state index in [0.29, 0.717) is 18.2 Å². The number of aliphatic hydroxyl groups is 1. The predicted octanol–water partition coefficient (Wildman–Crippen LogP) is 3.04. The summed E-state index contributed by atoms with van der Waals surface area (Å²) >= 11 is 0. The lowest BCUT2D eigenvalue weighted by molar-refractivity contribution is 0.216. The van der Waals surface area contributed by atoms with Crippen molar-refractivity contribution < 1.29 is 18.3 Å². The molecule has 0 spiro atoms. The molecule has 0 amide bonds. The van der Waals surface area contributed by atoms with E-state index in [1.54, 1.807) is 12.1 Å². The molecule has 1 saturated heterocycles. The summed E-state index contributed by atoms with van der Waals surface area (Å²) in [6, 6.07) is 7.10. The molecule has 1 aliphatic heterocycles. The highest BCUT2D eigenvalue weighted by Gasteiger charge is 2.23. The van der Waals surface area contributed by atoms with Gasteiger partial charge in [0.25, 0.3) is 0 Å². The number of benzene rings is 1. The third-order valence-corrected chi connectivity index (χ3v) is 3.88. The van der Waals surface area contributed by atoms with Gasteiger partial charge in [0, 0.05) is 13.2 Å². The second kappa shape index (κ2) is 5.95. The van der Waals surface area contributed by atoms with Gasteiger partial charge in [-0.1, -0.05) is 6.07 Å². The molecule has 0 bridgehead atoms. The van der Waals surface area contributed by atoms with Gasteiger partial charge >= 0.3 is 0 Å². The summed E-state index contributed by atoms with van der Waals surface area (Å²) in [7, 11) is 0. The zero-order valence-electron chi connectivity index (χ0n) is 11.6. The van der Waals surface area contributed by atoms with E-state index < -0.39 is 11.6 Å². The fraction of sp³-hybridized carbons (Fsp3) is 0.375. The summed E-state index contributed by atoms with van der Waals surface area (Å²) in [5, 5.41) is 9.13. The van der Waals surface area contributed by atoms with Crippen LogP contribution in [0.2, 0.25) is 0 Å². The van der Waals surface area contributed by atoms with Crippen molar-refractivity contribution in [3.8, 4) is 11.3 Å². The molecule has 3 nitrogen and oxygen atoms in total. The lowest BCUT2D eigenvalue weighted by atomic mass is 10.1. The molecule has 2 heterocycles. The van der Waals surface area contributed by atoms with Gasteiger partial charge in [-0.2, -0.15) is 0 Å². The number of nitrogens with zero attached hydrogens (tertiary/aromatic N) is 1. The highest BCUT2D eigenvalue weighted by Crippen LogP contribution is 2.28. The van der Waals surface area contributed by atoms with Crippen LogP contribution in [0.4, 0.5) is 8.78 Å². The Morgan fingerprint density at radius 1 is 1.19 bits per heavy atom. The fourth-order valence-electron chi connectivity index (χ4n) is 2.76. The SMILES string of the molecule is OCC1CCN(Cc2ccc(-c3c(F)cccc3F)o2)C1. The molecule has 1 fully saturated rings. The van der Waals surface area contributed by atoms with Crippen LogP contribution < -0.4 is 0 Å². The summed E-state index contributed by atoms with van der Waals surface area (Å²) in [4.78, 5) is 2.17. The molecule has 1 atom stereocenters. The standard InChI is InChI=1S/C16H17F2NO2/c17-13-2-1-3-14(18)16(13)15-5-4-12(21-15)9-19-7-6-11(8-19)10-20/h1-5,11,20H,6-10H2. The average molecular weight is 293 g/mol. The Hall–Kier alpha value is -1.72.